The smallest absolute Gasteiger partial charge is 0.257 e. The molecule has 1 fully saturated rings. The lowest BCUT2D eigenvalue weighted by atomic mass is 9.95. The number of carbonyl (C=O) groups is 1. The minimum atomic E-state index is -3.65. The Morgan fingerprint density at radius 3 is 2.59 bits per heavy atom. The van der Waals surface area contributed by atoms with E-state index in [9.17, 15) is 13.2 Å². The predicted octanol–water partition coefficient (Wildman–Crippen LogP) is 4.86. The van der Waals surface area contributed by atoms with Crippen LogP contribution in [0.3, 0.4) is 0 Å². The van der Waals surface area contributed by atoms with Gasteiger partial charge in [0.1, 0.15) is 0 Å². The molecule has 0 aliphatic heterocycles. The fourth-order valence-corrected chi connectivity index (χ4v) is 5.38. The molecule has 0 atom stereocenters. The lowest BCUT2D eigenvalue weighted by Crippen LogP contribution is -2.18. The highest BCUT2D eigenvalue weighted by Crippen LogP contribution is 2.47. The molecule has 4 rings (SSSR count). The predicted molar refractivity (Wildman–Crippen MR) is 130 cm³/mol. The second-order valence-electron chi connectivity index (χ2n) is 8.24. The zero-order valence-electron chi connectivity index (χ0n) is 17.9. The summed E-state index contributed by atoms with van der Waals surface area (Å²) in [5, 5.41) is 2.91. The molecule has 6 nitrogen and oxygen atoms in total. The molecule has 1 heterocycles. The lowest BCUT2D eigenvalue weighted by molar-refractivity contribution is 0.102. The number of pyridine rings is 1. The van der Waals surface area contributed by atoms with Crippen molar-refractivity contribution in [1.82, 2.24) is 4.98 Å². The van der Waals surface area contributed by atoms with Crippen molar-refractivity contribution >= 4 is 43.0 Å². The van der Waals surface area contributed by atoms with Crippen molar-refractivity contribution in [3.05, 3.63) is 81.1 Å². The van der Waals surface area contributed by atoms with E-state index in [2.05, 4.69) is 26.2 Å². The first-order chi connectivity index (χ1) is 15.1. The van der Waals surface area contributed by atoms with Crippen LogP contribution in [0.25, 0.3) is 0 Å². The van der Waals surface area contributed by atoms with Crippen molar-refractivity contribution in [3.8, 4) is 0 Å². The zero-order chi connectivity index (χ0) is 23.0. The maximum Gasteiger partial charge on any atom is 0.257 e. The summed E-state index contributed by atoms with van der Waals surface area (Å²) in [7, 11) is -3.65. The van der Waals surface area contributed by atoms with Gasteiger partial charge in [0.05, 0.1) is 16.1 Å². The monoisotopic (exact) mass is 513 g/mol. The van der Waals surface area contributed by atoms with E-state index in [1.54, 1.807) is 18.3 Å². The number of aromatic nitrogens is 1. The van der Waals surface area contributed by atoms with Gasteiger partial charge < -0.3 is 11.1 Å². The molecular formula is C24H24BrN3O3S. The van der Waals surface area contributed by atoms with E-state index in [4.69, 9.17) is 5.73 Å². The Bertz CT molecular complexity index is 1300. The summed E-state index contributed by atoms with van der Waals surface area (Å²) in [5.74, 6) is -0.136. The summed E-state index contributed by atoms with van der Waals surface area (Å²) in [6.07, 6.45) is 6.57. The highest BCUT2D eigenvalue weighted by atomic mass is 79.9. The van der Waals surface area contributed by atoms with Crippen molar-refractivity contribution in [2.45, 2.75) is 37.0 Å². The number of benzene rings is 2. The largest absolute Gasteiger partial charge is 0.398 e. The average Bonchev–Trinajstić information content (AvgIpc) is 3.58. The second-order valence-corrected chi connectivity index (χ2v) is 11.0. The van der Waals surface area contributed by atoms with Gasteiger partial charge in [0, 0.05) is 28.8 Å². The van der Waals surface area contributed by atoms with E-state index in [0.29, 0.717) is 28.9 Å². The Kier molecular flexibility index (Phi) is 6.09. The van der Waals surface area contributed by atoms with E-state index in [-0.39, 0.29) is 16.7 Å². The molecule has 0 radical (unpaired) electrons. The molecule has 166 valence electrons. The van der Waals surface area contributed by atoms with Crippen molar-refractivity contribution in [2.75, 3.05) is 17.3 Å². The van der Waals surface area contributed by atoms with Crippen LogP contribution in [0.2, 0.25) is 0 Å². The van der Waals surface area contributed by atoms with Gasteiger partial charge in [-0.25, -0.2) is 8.42 Å². The van der Waals surface area contributed by atoms with Crippen LogP contribution in [0.5, 0.6) is 0 Å². The number of anilines is 2. The number of rotatable bonds is 6. The van der Waals surface area contributed by atoms with E-state index in [1.165, 1.54) is 12.5 Å². The number of nitrogens with one attached hydrogen (secondary N) is 1. The summed E-state index contributed by atoms with van der Waals surface area (Å²) in [6, 6.07) is 10.9. The Morgan fingerprint density at radius 2 is 2.00 bits per heavy atom. The number of sulfone groups is 1. The van der Waals surface area contributed by atoms with E-state index in [1.807, 2.05) is 31.2 Å². The quantitative estimate of drug-likeness (QED) is 0.458. The number of hydrogen-bond acceptors (Lipinski definition) is 5. The number of nitrogens with two attached hydrogens (primary N) is 1. The summed E-state index contributed by atoms with van der Waals surface area (Å²) in [5.41, 5.74) is 10.7. The highest BCUT2D eigenvalue weighted by Gasteiger charge is 2.32. The molecule has 0 bridgehead atoms. The SMILES string of the molecule is Cc1cc(C2CC2)c(NC(=O)c2cccnc2)c(S(C)(=O)=O)c1Cc1ccc(Br)c(N)c1. The van der Waals surface area contributed by atoms with Crippen LogP contribution < -0.4 is 11.1 Å². The van der Waals surface area contributed by atoms with Crippen LogP contribution in [0, 0.1) is 6.92 Å². The maximum atomic E-state index is 13.1. The number of aryl methyl sites for hydroxylation is 1. The van der Waals surface area contributed by atoms with Gasteiger partial charge in [-0.15, -0.1) is 0 Å². The second kappa shape index (κ2) is 8.67. The molecule has 1 aromatic heterocycles. The fourth-order valence-electron chi connectivity index (χ4n) is 3.92. The zero-order valence-corrected chi connectivity index (χ0v) is 20.3. The van der Waals surface area contributed by atoms with Crippen LogP contribution in [-0.2, 0) is 16.3 Å². The normalized spacial score (nSPS) is 13.7. The van der Waals surface area contributed by atoms with Gasteiger partial charge in [-0.2, -0.15) is 0 Å². The third-order valence-electron chi connectivity index (χ3n) is 5.63. The van der Waals surface area contributed by atoms with E-state index >= 15 is 0 Å². The highest BCUT2D eigenvalue weighted by molar-refractivity contribution is 9.10. The van der Waals surface area contributed by atoms with Gasteiger partial charge >= 0.3 is 0 Å². The summed E-state index contributed by atoms with van der Waals surface area (Å²) in [6.45, 7) is 1.92. The molecule has 3 N–H and O–H groups in total. The number of carbonyl (C=O) groups excluding carboxylic acids is 1. The summed E-state index contributed by atoms with van der Waals surface area (Å²) >= 11 is 3.40. The molecule has 1 aliphatic carbocycles. The first-order valence-electron chi connectivity index (χ1n) is 10.3. The number of amides is 1. The molecule has 3 aromatic rings. The molecular weight excluding hydrogens is 490 g/mol. The van der Waals surface area contributed by atoms with Crippen LogP contribution in [0.4, 0.5) is 11.4 Å². The van der Waals surface area contributed by atoms with Crippen LogP contribution in [-0.4, -0.2) is 25.6 Å². The molecule has 2 aromatic carbocycles. The van der Waals surface area contributed by atoms with Gasteiger partial charge in [-0.05, 0) is 94.6 Å². The minimum Gasteiger partial charge on any atom is -0.398 e. The van der Waals surface area contributed by atoms with Gasteiger partial charge in [-0.3, -0.25) is 9.78 Å². The fraction of sp³-hybridized carbons (Fsp3) is 0.250. The van der Waals surface area contributed by atoms with Crippen molar-refractivity contribution in [2.24, 2.45) is 0 Å². The summed E-state index contributed by atoms with van der Waals surface area (Å²) in [4.78, 5) is 17.1. The topological polar surface area (TPSA) is 102 Å². The van der Waals surface area contributed by atoms with Crippen LogP contribution in [0.1, 0.15) is 51.4 Å². The van der Waals surface area contributed by atoms with Crippen molar-refractivity contribution in [1.29, 1.82) is 0 Å². The third-order valence-corrected chi connectivity index (χ3v) is 7.54. The Hall–Kier alpha value is -2.71. The molecule has 1 aliphatic rings. The lowest BCUT2D eigenvalue weighted by Gasteiger charge is -2.21. The van der Waals surface area contributed by atoms with E-state index < -0.39 is 9.84 Å². The number of nitrogens with zero attached hydrogens (tertiary/aromatic N) is 1. The van der Waals surface area contributed by atoms with Crippen molar-refractivity contribution < 1.29 is 13.2 Å². The Labute approximate surface area is 196 Å². The molecule has 1 amide bonds. The first-order valence-corrected chi connectivity index (χ1v) is 12.9. The average molecular weight is 514 g/mol. The Morgan fingerprint density at radius 1 is 1.25 bits per heavy atom. The number of hydrogen-bond donors (Lipinski definition) is 2. The molecule has 0 saturated heterocycles. The van der Waals surface area contributed by atoms with Crippen LogP contribution >= 0.6 is 15.9 Å². The number of halogens is 1. The molecule has 0 unspecified atom stereocenters. The van der Waals surface area contributed by atoms with Gasteiger partial charge in [0.25, 0.3) is 5.91 Å². The summed E-state index contributed by atoms with van der Waals surface area (Å²) < 4.78 is 26.9. The first kappa shape index (κ1) is 22.5. The van der Waals surface area contributed by atoms with Gasteiger partial charge in [-0.1, -0.05) is 12.1 Å². The third kappa shape index (κ3) is 4.71. The molecule has 1 saturated carbocycles. The van der Waals surface area contributed by atoms with Gasteiger partial charge in [0.15, 0.2) is 9.84 Å². The Balaban J connectivity index is 1.87. The van der Waals surface area contributed by atoms with Crippen molar-refractivity contribution in [3.63, 3.8) is 0 Å². The maximum absolute atomic E-state index is 13.1. The van der Waals surface area contributed by atoms with E-state index in [0.717, 1.165) is 34.0 Å². The standard InChI is InChI=1S/C24H24BrN3O3S/c1-14-10-19(16-6-7-16)22(28-24(29)17-4-3-9-27-13-17)23(32(2,30)31)18(14)11-15-5-8-20(25)21(26)12-15/h3-5,8-10,12-13,16H,6-7,11,26H2,1-2H3,(H,28,29). The minimum absolute atomic E-state index is 0.179. The van der Waals surface area contributed by atoms with Crippen LogP contribution in [0.15, 0.2) is 58.2 Å². The number of nitrogen functional groups attached to an aromatic ring is 1. The molecule has 8 heteroatoms. The molecule has 0 spiro atoms. The van der Waals surface area contributed by atoms with Gasteiger partial charge in [0.2, 0.25) is 0 Å². The molecule has 32 heavy (non-hydrogen) atoms.